The Labute approximate surface area is 136 Å². The van der Waals surface area contributed by atoms with E-state index in [1.54, 1.807) is 17.6 Å². The molecule has 0 aromatic carbocycles. The number of rotatable bonds is 3. The van der Waals surface area contributed by atoms with Gasteiger partial charge in [0.15, 0.2) is 0 Å². The molecule has 0 N–H and O–H groups in total. The van der Waals surface area contributed by atoms with Crippen molar-refractivity contribution in [2.24, 2.45) is 11.8 Å². The average molecular weight is 320 g/mol. The number of ether oxygens (including phenoxy) is 1. The van der Waals surface area contributed by atoms with Crippen molar-refractivity contribution >= 4 is 5.91 Å². The zero-order chi connectivity index (χ0) is 15.6. The number of carbonyl (C=O) groups excluding carboxylic acids is 1. The summed E-state index contributed by atoms with van der Waals surface area (Å²) < 4.78 is 11.1. The third-order valence-electron chi connectivity index (χ3n) is 5.22. The minimum atomic E-state index is -0.0266. The number of hydrogen-bond acceptors (Lipinski definition) is 5. The molecule has 6 nitrogen and oxygen atoms in total. The Hall–Kier alpha value is -1.37. The Morgan fingerprint density at radius 1 is 1.26 bits per heavy atom. The maximum absolute atomic E-state index is 12.9. The largest absolute Gasteiger partial charge is 0.472 e. The monoisotopic (exact) mass is 320 g/mol. The summed E-state index contributed by atoms with van der Waals surface area (Å²) in [5, 5.41) is 1.60. The molecule has 0 spiro atoms. The standard InChI is InChI=1S/C17H24N2O4/c20-17(19-5-1-2-6-23-19)15-10-18(9-13-3-7-21-12-13)11-16-14(15)4-8-22-16/h3,7,12,14-16H,1-2,4-6,8-11H2/t14-,15-,16+/m0/s1. The van der Waals surface area contributed by atoms with E-state index in [4.69, 9.17) is 14.0 Å². The predicted octanol–water partition coefficient (Wildman–Crippen LogP) is 1.67. The number of nitrogens with zero attached hydrogens (tertiary/aromatic N) is 2. The second kappa shape index (κ2) is 6.63. The lowest BCUT2D eigenvalue weighted by Gasteiger charge is -2.41. The van der Waals surface area contributed by atoms with Crippen LogP contribution < -0.4 is 0 Å². The van der Waals surface area contributed by atoms with Gasteiger partial charge in [-0.05, 0) is 25.3 Å². The van der Waals surface area contributed by atoms with Gasteiger partial charge in [0.2, 0.25) is 0 Å². The fourth-order valence-corrected chi connectivity index (χ4v) is 4.04. The lowest BCUT2D eigenvalue weighted by molar-refractivity contribution is -0.205. The second-order valence-corrected chi connectivity index (χ2v) is 6.77. The third-order valence-corrected chi connectivity index (χ3v) is 5.22. The lowest BCUT2D eigenvalue weighted by atomic mass is 9.82. The molecular weight excluding hydrogens is 296 g/mol. The van der Waals surface area contributed by atoms with E-state index in [0.717, 1.165) is 57.6 Å². The van der Waals surface area contributed by atoms with Crippen LogP contribution in [-0.4, -0.2) is 54.8 Å². The highest BCUT2D eigenvalue weighted by molar-refractivity contribution is 5.78. The Morgan fingerprint density at radius 2 is 2.22 bits per heavy atom. The normalized spacial score (nSPS) is 32.0. The number of amides is 1. The first-order valence-electron chi connectivity index (χ1n) is 8.60. The number of likely N-dealkylation sites (tertiary alicyclic amines) is 1. The summed E-state index contributed by atoms with van der Waals surface area (Å²) in [6.07, 6.45) is 6.67. The van der Waals surface area contributed by atoms with E-state index in [1.807, 2.05) is 6.07 Å². The van der Waals surface area contributed by atoms with Crippen LogP contribution in [-0.2, 0) is 20.9 Å². The van der Waals surface area contributed by atoms with E-state index in [1.165, 1.54) is 0 Å². The van der Waals surface area contributed by atoms with Crippen molar-refractivity contribution < 1.29 is 18.8 Å². The van der Waals surface area contributed by atoms with Gasteiger partial charge >= 0.3 is 0 Å². The molecule has 3 aliphatic heterocycles. The van der Waals surface area contributed by atoms with Crippen LogP contribution >= 0.6 is 0 Å². The fourth-order valence-electron chi connectivity index (χ4n) is 4.04. The van der Waals surface area contributed by atoms with E-state index in [0.29, 0.717) is 12.5 Å². The minimum absolute atomic E-state index is 0.0266. The van der Waals surface area contributed by atoms with Crippen molar-refractivity contribution in [3.05, 3.63) is 24.2 Å². The highest BCUT2D eigenvalue weighted by atomic mass is 16.7. The molecule has 4 heterocycles. The zero-order valence-corrected chi connectivity index (χ0v) is 13.4. The summed E-state index contributed by atoms with van der Waals surface area (Å²) in [6, 6.07) is 1.98. The number of hydroxylamine groups is 2. The van der Waals surface area contributed by atoms with Crippen molar-refractivity contribution in [1.82, 2.24) is 9.96 Å². The number of hydrogen-bond donors (Lipinski definition) is 0. The first kappa shape index (κ1) is 15.2. The number of furan rings is 1. The molecule has 0 saturated carbocycles. The van der Waals surface area contributed by atoms with Gasteiger partial charge in [-0.1, -0.05) is 0 Å². The van der Waals surface area contributed by atoms with Gasteiger partial charge in [0.1, 0.15) is 0 Å². The highest BCUT2D eigenvalue weighted by Gasteiger charge is 2.45. The van der Waals surface area contributed by atoms with Crippen molar-refractivity contribution in [1.29, 1.82) is 0 Å². The summed E-state index contributed by atoms with van der Waals surface area (Å²) >= 11 is 0. The first-order chi connectivity index (χ1) is 11.3. The molecule has 3 aliphatic rings. The summed E-state index contributed by atoms with van der Waals surface area (Å²) in [7, 11) is 0. The molecule has 0 bridgehead atoms. The van der Waals surface area contributed by atoms with E-state index in [-0.39, 0.29) is 17.9 Å². The van der Waals surface area contributed by atoms with Crippen LogP contribution in [0.25, 0.3) is 0 Å². The molecular formula is C17H24N2O4. The van der Waals surface area contributed by atoms with Gasteiger partial charge in [0, 0.05) is 44.3 Å². The lowest BCUT2D eigenvalue weighted by Crippen LogP contribution is -2.53. The number of carbonyl (C=O) groups is 1. The van der Waals surface area contributed by atoms with Crippen molar-refractivity contribution in [3.63, 3.8) is 0 Å². The summed E-state index contributed by atoms with van der Waals surface area (Å²) in [4.78, 5) is 20.8. The van der Waals surface area contributed by atoms with Crippen molar-refractivity contribution in [2.75, 3.05) is 32.8 Å². The van der Waals surface area contributed by atoms with Crippen LogP contribution in [0.1, 0.15) is 24.8 Å². The van der Waals surface area contributed by atoms with Gasteiger partial charge in [-0.3, -0.25) is 14.5 Å². The van der Waals surface area contributed by atoms with Crippen LogP contribution in [0, 0.1) is 11.8 Å². The van der Waals surface area contributed by atoms with Crippen LogP contribution in [0.5, 0.6) is 0 Å². The topological polar surface area (TPSA) is 55.2 Å². The molecule has 0 radical (unpaired) electrons. The highest BCUT2D eigenvalue weighted by Crippen LogP contribution is 2.35. The molecule has 3 atom stereocenters. The molecule has 0 aliphatic carbocycles. The van der Waals surface area contributed by atoms with Crippen LogP contribution in [0.2, 0.25) is 0 Å². The maximum Gasteiger partial charge on any atom is 0.250 e. The van der Waals surface area contributed by atoms with Crippen molar-refractivity contribution in [3.8, 4) is 0 Å². The van der Waals surface area contributed by atoms with Gasteiger partial charge in [0.05, 0.1) is 31.2 Å². The molecule has 1 amide bonds. The molecule has 1 aromatic heterocycles. The zero-order valence-electron chi connectivity index (χ0n) is 13.4. The first-order valence-corrected chi connectivity index (χ1v) is 8.60. The Kier molecular flexibility index (Phi) is 4.37. The van der Waals surface area contributed by atoms with Gasteiger partial charge in [0.25, 0.3) is 5.91 Å². The minimum Gasteiger partial charge on any atom is -0.472 e. The SMILES string of the molecule is O=C([C@H]1CN(Cc2ccoc2)C[C@H]2OCC[C@@H]12)N1CCCCO1. The average Bonchev–Trinajstić information content (AvgIpc) is 3.26. The van der Waals surface area contributed by atoms with E-state index >= 15 is 0 Å². The van der Waals surface area contributed by atoms with Crippen molar-refractivity contribution in [2.45, 2.75) is 31.9 Å². The Morgan fingerprint density at radius 3 is 3.00 bits per heavy atom. The van der Waals surface area contributed by atoms with Crippen LogP contribution in [0.15, 0.2) is 23.0 Å². The smallest absolute Gasteiger partial charge is 0.250 e. The van der Waals surface area contributed by atoms with Gasteiger partial charge in [-0.2, -0.15) is 0 Å². The number of piperidine rings is 1. The van der Waals surface area contributed by atoms with E-state index in [2.05, 4.69) is 4.90 Å². The van der Waals surface area contributed by atoms with Gasteiger partial charge in [-0.25, -0.2) is 5.06 Å². The maximum atomic E-state index is 12.9. The molecule has 1 aromatic rings. The third kappa shape index (κ3) is 3.16. The molecule has 3 saturated heterocycles. The second-order valence-electron chi connectivity index (χ2n) is 6.77. The summed E-state index contributed by atoms with van der Waals surface area (Å²) in [6.45, 7) is 4.60. The van der Waals surface area contributed by atoms with Crippen LogP contribution in [0.3, 0.4) is 0 Å². The van der Waals surface area contributed by atoms with Gasteiger partial charge in [-0.15, -0.1) is 0 Å². The fraction of sp³-hybridized carbons (Fsp3) is 0.706. The van der Waals surface area contributed by atoms with E-state index < -0.39 is 0 Å². The molecule has 6 heteroatoms. The summed E-state index contributed by atoms with van der Waals surface area (Å²) in [5.41, 5.74) is 1.14. The molecule has 4 rings (SSSR count). The van der Waals surface area contributed by atoms with E-state index in [9.17, 15) is 4.79 Å². The number of fused-ring (bicyclic) bond motifs is 1. The Bertz CT molecular complexity index is 527. The molecule has 3 fully saturated rings. The predicted molar refractivity (Wildman–Crippen MR) is 82.2 cm³/mol. The molecule has 126 valence electrons. The quantitative estimate of drug-likeness (QED) is 0.848. The van der Waals surface area contributed by atoms with Crippen LogP contribution in [0.4, 0.5) is 0 Å². The summed E-state index contributed by atoms with van der Waals surface area (Å²) in [5.74, 6) is 0.442. The van der Waals surface area contributed by atoms with Gasteiger partial charge < -0.3 is 9.15 Å². The Balaban J connectivity index is 1.47. The molecule has 23 heavy (non-hydrogen) atoms. The molecule has 0 unspecified atom stereocenters.